The fourth-order valence-electron chi connectivity index (χ4n) is 5.92. The van der Waals surface area contributed by atoms with Crippen LogP contribution in [-0.4, -0.2) is 0 Å². The molecule has 2 heteroatoms. The molecule has 0 saturated heterocycles. The highest BCUT2D eigenvalue weighted by molar-refractivity contribution is 7.19. The number of rotatable bonds is 4. The Labute approximate surface area is 237 Å². The largest absolute Gasteiger partial charge is 0.456 e. The summed E-state index contributed by atoms with van der Waals surface area (Å²) in [6.45, 7) is 0. The summed E-state index contributed by atoms with van der Waals surface area (Å²) in [5, 5.41) is 2.30. The molecule has 2 aromatic heterocycles. The van der Waals surface area contributed by atoms with E-state index in [4.69, 9.17) is 4.42 Å². The van der Waals surface area contributed by atoms with Crippen molar-refractivity contribution in [1.82, 2.24) is 0 Å². The fraction of sp³-hybridized carbons (Fsp3) is 0.0526. The van der Waals surface area contributed by atoms with Crippen molar-refractivity contribution in [2.24, 2.45) is 0 Å². The van der Waals surface area contributed by atoms with E-state index in [2.05, 4.69) is 109 Å². The third-order valence-electron chi connectivity index (χ3n) is 7.84. The summed E-state index contributed by atoms with van der Waals surface area (Å²) in [6.07, 6.45) is 6.75. The molecule has 0 fully saturated rings. The molecule has 0 radical (unpaired) electrons. The summed E-state index contributed by atoms with van der Waals surface area (Å²) >= 11 is 1.91. The maximum Gasteiger partial charge on any atom is 0.135 e. The Morgan fingerprint density at radius 3 is 2.38 bits per heavy atom. The molecule has 0 saturated carbocycles. The van der Waals surface area contributed by atoms with Crippen LogP contribution >= 0.6 is 11.3 Å². The summed E-state index contributed by atoms with van der Waals surface area (Å²) in [6, 6.07) is 45.1. The van der Waals surface area contributed by atoms with Gasteiger partial charge in [0.25, 0.3) is 0 Å². The maximum atomic E-state index is 6.11. The Morgan fingerprint density at radius 1 is 0.650 bits per heavy atom. The highest BCUT2D eigenvalue weighted by Crippen LogP contribution is 2.48. The van der Waals surface area contributed by atoms with Gasteiger partial charge in [-0.25, -0.2) is 0 Å². The van der Waals surface area contributed by atoms with E-state index < -0.39 is 0 Å². The van der Waals surface area contributed by atoms with E-state index in [-0.39, 0.29) is 0 Å². The summed E-state index contributed by atoms with van der Waals surface area (Å²) in [7, 11) is 0. The van der Waals surface area contributed by atoms with Crippen molar-refractivity contribution in [3.8, 4) is 43.1 Å². The molecule has 0 bridgehead atoms. The molecular formula is C38H24OS. The number of benzene rings is 4. The van der Waals surface area contributed by atoms with Gasteiger partial charge in [0, 0.05) is 31.7 Å². The molecule has 40 heavy (non-hydrogen) atoms. The van der Waals surface area contributed by atoms with Gasteiger partial charge in [0.1, 0.15) is 11.2 Å². The number of hydrogen-bond acceptors (Lipinski definition) is 2. The van der Waals surface area contributed by atoms with Gasteiger partial charge in [-0.1, -0.05) is 97.1 Å². The Balaban J connectivity index is 1.36. The predicted molar refractivity (Wildman–Crippen MR) is 168 cm³/mol. The minimum Gasteiger partial charge on any atom is -0.456 e. The van der Waals surface area contributed by atoms with Gasteiger partial charge in [-0.3, -0.25) is 0 Å². The lowest BCUT2D eigenvalue weighted by Gasteiger charge is -2.14. The van der Waals surface area contributed by atoms with Gasteiger partial charge >= 0.3 is 0 Å². The standard InChI is InChI=1S/C38H24OS/c1-3-11-25(12-4-1)29-21-19-27(28-20-22-36-33(23-28)30-15-9-10-18-35(30)39-36)24-34(29)38-32-17-8-7-16-31(32)37(40-38)26-13-5-2-6-14-26/h1-3,5-7,9-11,13-16,18-24H,8,17H2. The van der Waals surface area contributed by atoms with E-state index in [0.29, 0.717) is 0 Å². The van der Waals surface area contributed by atoms with Crippen molar-refractivity contribution in [2.45, 2.75) is 12.8 Å². The molecule has 8 rings (SSSR count). The molecule has 0 spiro atoms. The fourth-order valence-corrected chi connectivity index (χ4v) is 7.29. The third kappa shape index (κ3) is 3.79. The third-order valence-corrected chi connectivity index (χ3v) is 9.17. The monoisotopic (exact) mass is 528 g/mol. The van der Waals surface area contributed by atoms with Crippen LogP contribution < -0.4 is 0 Å². The topological polar surface area (TPSA) is 13.1 Å². The normalized spacial score (nSPS) is 12.5. The van der Waals surface area contributed by atoms with Gasteiger partial charge in [-0.2, -0.15) is 0 Å². The van der Waals surface area contributed by atoms with E-state index in [1.54, 1.807) is 0 Å². The van der Waals surface area contributed by atoms with Crippen LogP contribution in [0.1, 0.15) is 17.5 Å². The molecule has 0 aliphatic heterocycles. The lowest BCUT2D eigenvalue weighted by Crippen LogP contribution is -1.94. The molecular weight excluding hydrogens is 504 g/mol. The van der Waals surface area contributed by atoms with E-state index in [1.165, 1.54) is 48.7 Å². The van der Waals surface area contributed by atoms with Crippen LogP contribution in [0.3, 0.4) is 0 Å². The second kappa shape index (κ2) is 9.42. The predicted octanol–water partition coefficient (Wildman–Crippen LogP) is 10.9. The Kier molecular flexibility index (Phi) is 5.43. The van der Waals surface area contributed by atoms with E-state index in [1.807, 2.05) is 35.6 Å². The van der Waals surface area contributed by atoms with Gasteiger partial charge in [-0.05, 0) is 82.6 Å². The number of furan rings is 1. The van der Waals surface area contributed by atoms with E-state index in [0.717, 1.165) is 40.3 Å². The van der Waals surface area contributed by atoms with Crippen molar-refractivity contribution in [3.63, 3.8) is 0 Å². The average molecular weight is 529 g/mol. The van der Waals surface area contributed by atoms with Gasteiger partial charge in [-0.15, -0.1) is 11.3 Å². The Bertz CT molecular complexity index is 2040. The van der Waals surface area contributed by atoms with Crippen molar-refractivity contribution < 1.29 is 4.42 Å². The first-order valence-corrected chi connectivity index (χ1v) is 14.5. The average Bonchev–Trinajstić information content (AvgIpc) is 3.60. The zero-order chi connectivity index (χ0) is 26.5. The molecule has 1 aliphatic rings. The highest BCUT2D eigenvalue weighted by atomic mass is 32.1. The first-order valence-electron chi connectivity index (χ1n) is 13.7. The summed E-state index contributed by atoms with van der Waals surface area (Å²) < 4.78 is 6.11. The Hall–Kier alpha value is -4.84. The lowest BCUT2D eigenvalue weighted by molar-refractivity contribution is 0.669. The van der Waals surface area contributed by atoms with Crippen LogP contribution in [0, 0.1) is 12.1 Å². The number of thiophene rings is 1. The minimum atomic E-state index is 0.919. The molecule has 0 atom stereocenters. The van der Waals surface area contributed by atoms with Gasteiger partial charge in [0.2, 0.25) is 0 Å². The zero-order valence-corrected chi connectivity index (χ0v) is 22.6. The number of fused-ring (bicyclic) bond motifs is 4. The van der Waals surface area contributed by atoms with Crippen LogP contribution in [0.25, 0.3) is 71.1 Å². The van der Waals surface area contributed by atoms with Gasteiger partial charge in [0.15, 0.2) is 0 Å². The van der Waals surface area contributed by atoms with Crippen molar-refractivity contribution in [3.05, 3.63) is 139 Å². The molecule has 1 aliphatic carbocycles. The molecule has 0 amide bonds. The second-order valence-electron chi connectivity index (χ2n) is 10.2. The molecule has 2 heterocycles. The zero-order valence-electron chi connectivity index (χ0n) is 21.8. The van der Waals surface area contributed by atoms with Gasteiger partial charge < -0.3 is 4.42 Å². The molecule has 1 nitrogen and oxygen atoms in total. The number of hydrogen-bond donors (Lipinski definition) is 0. The van der Waals surface area contributed by atoms with E-state index >= 15 is 0 Å². The molecule has 188 valence electrons. The summed E-state index contributed by atoms with van der Waals surface area (Å²) in [5.74, 6) is 0. The smallest absolute Gasteiger partial charge is 0.135 e. The molecule has 0 N–H and O–H groups in total. The second-order valence-corrected chi connectivity index (χ2v) is 11.3. The van der Waals surface area contributed by atoms with Crippen LogP contribution in [0.4, 0.5) is 0 Å². The van der Waals surface area contributed by atoms with Crippen LogP contribution in [0.5, 0.6) is 0 Å². The van der Waals surface area contributed by atoms with Gasteiger partial charge in [0.05, 0.1) is 0 Å². The van der Waals surface area contributed by atoms with Crippen molar-refractivity contribution >= 4 is 39.4 Å². The first kappa shape index (κ1) is 23.1. The summed E-state index contributed by atoms with van der Waals surface area (Å²) in [5.41, 5.74) is 11.8. The SMILES string of the molecule is c1cccc(-c2ccc(-c3ccc4oc5ccccc5c4c3)cc2-c2sc(-c3ccccc3)c3c2CCC=C3)c#1. The molecule has 0 unspecified atom stereocenters. The summed E-state index contributed by atoms with van der Waals surface area (Å²) in [4.78, 5) is 2.69. The lowest BCUT2D eigenvalue weighted by atomic mass is 9.89. The maximum absolute atomic E-state index is 6.11. The van der Waals surface area contributed by atoms with Crippen LogP contribution in [0.15, 0.2) is 120 Å². The van der Waals surface area contributed by atoms with Crippen molar-refractivity contribution in [2.75, 3.05) is 0 Å². The first-order chi connectivity index (χ1) is 19.8. The Morgan fingerprint density at radius 2 is 1.48 bits per heavy atom. The van der Waals surface area contributed by atoms with Crippen molar-refractivity contribution in [1.29, 1.82) is 0 Å². The van der Waals surface area contributed by atoms with Crippen LogP contribution in [-0.2, 0) is 6.42 Å². The number of allylic oxidation sites excluding steroid dienone is 1. The van der Waals surface area contributed by atoms with E-state index in [9.17, 15) is 0 Å². The van der Waals surface area contributed by atoms with Crippen LogP contribution in [0.2, 0.25) is 0 Å². The molecule has 5 aromatic carbocycles. The quantitative estimate of drug-likeness (QED) is 0.221. The molecule has 7 aromatic rings. The minimum absolute atomic E-state index is 0.919. The highest BCUT2D eigenvalue weighted by Gasteiger charge is 2.23. The number of para-hydroxylation sites is 1.